The zero-order valence-corrected chi connectivity index (χ0v) is 20.7. The largest absolute Gasteiger partial charge is 0.395 e. The van der Waals surface area contributed by atoms with Crippen LogP contribution in [-0.4, -0.2) is 28.1 Å². The normalized spacial score (nSPS) is 14.5. The molecule has 1 aromatic heterocycles. The summed E-state index contributed by atoms with van der Waals surface area (Å²) in [5.41, 5.74) is 13.2. The molecule has 1 aliphatic carbocycles. The van der Waals surface area contributed by atoms with Crippen molar-refractivity contribution in [3.05, 3.63) is 75.3 Å². The minimum atomic E-state index is -1.01. The second-order valence-electron chi connectivity index (χ2n) is 8.60. The van der Waals surface area contributed by atoms with Crippen molar-refractivity contribution in [3.63, 3.8) is 0 Å². The van der Waals surface area contributed by atoms with Gasteiger partial charge in [-0.05, 0) is 66.7 Å². The van der Waals surface area contributed by atoms with Gasteiger partial charge in [0.1, 0.15) is 10.9 Å². The fourth-order valence-corrected chi connectivity index (χ4v) is 5.18. The predicted molar refractivity (Wildman–Crippen MR) is 138 cm³/mol. The van der Waals surface area contributed by atoms with Crippen LogP contribution >= 0.6 is 23.1 Å². The van der Waals surface area contributed by atoms with Crippen molar-refractivity contribution in [2.45, 2.75) is 44.7 Å². The quantitative estimate of drug-likeness (QED) is 0.436. The number of carbonyl (C=O) groups excluding carboxylic acids is 3. The van der Waals surface area contributed by atoms with E-state index in [9.17, 15) is 14.4 Å². The van der Waals surface area contributed by atoms with E-state index in [1.54, 1.807) is 30.3 Å². The molecule has 1 atom stereocenters. The molecule has 0 unspecified atom stereocenters. The van der Waals surface area contributed by atoms with E-state index in [0.29, 0.717) is 16.3 Å². The molecule has 1 heterocycles. The zero-order valence-electron chi connectivity index (χ0n) is 19.2. The van der Waals surface area contributed by atoms with Gasteiger partial charge in [0.2, 0.25) is 5.91 Å². The second-order valence-corrected chi connectivity index (χ2v) is 9.81. The molecule has 4 rings (SSSR count). The van der Waals surface area contributed by atoms with Gasteiger partial charge >= 0.3 is 0 Å². The Balaban J connectivity index is 1.85. The zero-order chi connectivity index (χ0) is 25.1. The van der Waals surface area contributed by atoms with Crippen molar-refractivity contribution in [2.24, 2.45) is 5.73 Å². The molecule has 5 N–H and O–H groups in total. The number of benzene rings is 2. The van der Waals surface area contributed by atoms with Gasteiger partial charge in [-0.2, -0.15) is 4.37 Å². The number of nitrogens with one attached hydrogen (secondary N) is 1. The van der Waals surface area contributed by atoms with Gasteiger partial charge in [-0.15, -0.1) is 0 Å². The van der Waals surface area contributed by atoms with Crippen molar-refractivity contribution >= 4 is 52.2 Å². The number of halogens is 1. The first kappa shape index (κ1) is 24.7. The molecule has 3 amide bonds. The molecular weight excluding hydrogens is 486 g/mol. The van der Waals surface area contributed by atoms with Crippen molar-refractivity contribution in [3.8, 4) is 0 Å². The monoisotopic (exact) mass is 511 g/mol. The summed E-state index contributed by atoms with van der Waals surface area (Å²) in [6, 6.07) is 13.1. The number of hydrogen-bond acceptors (Lipinski definition) is 6. The summed E-state index contributed by atoms with van der Waals surface area (Å²) in [4.78, 5) is 40.9. The Morgan fingerprint density at radius 1 is 1.14 bits per heavy atom. The number of aryl methyl sites for hydroxylation is 1. The summed E-state index contributed by atoms with van der Waals surface area (Å²) in [5, 5.41) is 3.63. The third kappa shape index (κ3) is 5.31. The number of carbonyl (C=O) groups is 3. The standard InChI is InChI=1S/C25H26ClN5O3S/c1-14-5-4-8-18(13-14)31(25(34)22-19(27)20(23(28)32)30-35-22)21(15-9-11-16(26)12-10-15)24(33)29-17-6-2-3-7-17/h4-5,8-13,17,21H,2-3,6-7,27H2,1H3,(H2,28,32)(H,29,33)/t21-/m0/s1. The summed E-state index contributed by atoms with van der Waals surface area (Å²) in [7, 11) is 0. The SMILES string of the molecule is Cc1cccc(N(C(=O)c2snc(C(N)=O)c2N)[C@H](C(=O)NC2CCCC2)c2ccc(Cl)cc2)c1. The average molecular weight is 512 g/mol. The van der Waals surface area contributed by atoms with E-state index in [4.69, 9.17) is 23.1 Å². The minimum Gasteiger partial charge on any atom is -0.395 e. The lowest BCUT2D eigenvalue weighted by Gasteiger charge is -2.32. The van der Waals surface area contributed by atoms with Crippen LogP contribution in [0.4, 0.5) is 11.4 Å². The summed E-state index contributed by atoms with van der Waals surface area (Å²) in [6.45, 7) is 1.90. The fraction of sp³-hybridized carbons (Fsp3) is 0.280. The van der Waals surface area contributed by atoms with Gasteiger partial charge in [0.05, 0.1) is 5.69 Å². The van der Waals surface area contributed by atoms with Crippen LogP contribution < -0.4 is 21.7 Å². The molecular formula is C25H26ClN5O3S. The molecule has 2 aromatic carbocycles. The smallest absolute Gasteiger partial charge is 0.273 e. The summed E-state index contributed by atoms with van der Waals surface area (Å²) >= 11 is 6.89. The highest BCUT2D eigenvalue weighted by Gasteiger charge is 2.37. The van der Waals surface area contributed by atoms with Crippen LogP contribution in [0.2, 0.25) is 5.02 Å². The van der Waals surface area contributed by atoms with Crippen molar-refractivity contribution in [1.29, 1.82) is 0 Å². The molecule has 3 aromatic rings. The number of nitrogens with two attached hydrogens (primary N) is 2. The molecule has 8 nitrogen and oxygen atoms in total. The summed E-state index contributed by atoms with van der Waals surface area (Å²) in [5.74, 6) is -1.69. The van der Waals surface area contributed by atoms with E-state index in [1.165, 1.54) is 4.90 Å². The maximum Gasteiger partial charge on any atom is 0.273 e. The number of rotatable bonds is 7. The number of amides is 3. The first-order valence-electron chi connectivity index (χ1n) is 11.3. The van der Waals surface area contributed by atoms with Gasteiger partial charge in [0.25, 0.3) is 11.8 Å². The summed E-state index contributed by atoms with van der Waals surface area (Å²) in [6.07, 6.45) is 3.87. The minimum absolute atomic E-state index is 0.0351. The van der Waals surface area contributed by atoms with E-state index in [0.717, 1.165) is 42.8 Å². The number of primary amides is 1. The van der Waals surface area contributed by atoms with Crippen LogP contribution in [-0.2, 0) is 4.79 Å². The first-order valence-corrected chi connectivity index (χ1v) is 12.4. The molecule has 35 heavy (non-hydrogen) atoms. The van der Waals surface area contributed by atoms with Gasteiger partial charge in [0, 0.05) is 16.8 Å². The van der Waals surface area contributed by atoms with Crippen molar-refractivity contribution in [2.75, 3.05) is 10.6 Å². The average Bonchev–Trinajstić information content (AvgIpc) is 3.47. The molecule has 1 fully saturated rings. The van der Waals surface area contributed by atoms with Crippen LogP contribution in [0, 0.1) is 6.92 Å². The Labute approximate surface area is 212 Å². The Morgan fingerprint density at radius 3 is 2.43 bits per heavy atom. The third-order valence-corrected chi connectivity index (χ3v) is 7.15. The maximum absolute atomic E-state index is 14.0. The Bertz CT molecular complexity index is 1250. The van der Waals surface area contributed by atoms with E-state index in [-0.39, 0.29) is 28.2 Å². The van der Waals surface area contributed by atoms with E-state index >= 15 is 0 Å². The molecule has 10 heteroatoms. The molecule has 0 saturated heterocycles. The van der Waals surface area contributed by atoms with E-state index in [1.807, 2.05) is 25.1 Å². The number of nitrogens with zero attached hydrogens (tertiary/aromatic N) is 2. The van der Waals surface area contributed by atoms with Crippen LogP contribution in [0.5, 0.6) is 0 Å². The molecule has 0 bridgehead atoms. The molecule has 1 saturated carbocycles. The lowest BCUT2D eigenvalue weighted by Crippen LogP contribution is -2.46. The number of anilines is 2. The number of nitrogen functional groups attached to an aromatic ring is 1. The highest BCUT2D eigenvalue weighted by molar-refractivity contribution is 7.09. The van der Waals surface area contributed by atoms with Gasteiger partial charge in [-0.1, -0.05) is 48.7 Å². The molecule has 0 aliphatic heterocycles. The lowest BCUT2D eigenvalue weighted by atomic mass is 10.0. The van der Waals surface area contributed by atoms with Crippen LogP contribution in [0.15, 0.2) is 48.5 Å². The van der Waals surface area contributed by atoms with Crippen molar-refractivity contribution in [1.82, 2.24) is 9.69 Å². The molecule has 0 spiro atoms. The highest BCUT2D eigenvalue weighted by atomic mass is 35.5. The Kier molecular flexibility index (Phi) is 7.37. The van der Waals surface area contributed by atoms with E-state index in [2.05, 4.69) is 9.69 Å². The van der Waals surface area contributed by atoms with Gasteiger partial charge in [-0.25, -0.2) is 0 Å². The van der Waals surface area contributed by atoms with Crippen LogP contribution in [0.3, 0.4) is 0 Å². The lowest BCUT2D eigenvalue weighted by molar-refractivity contribution is -0.123. The summed E-state index contributed by atoms with van der Waals surface area (Å²) < 4.78 is 3.98. The topological polar surface area (TPSA) is 131 Å². The van der Waals surface area contributed by atoms with Gasteiger partial charge in [0.15, 0.2) is 5.69 Å². The van der Waals surface area contributed by atoms with Crippen molar-refractivity contribution < 1.29 is 14.4 Å². The predicted octanol–water partition coefficient (Wildman–Crippen LogP) is 4.23. The molecule has 0 radical (unpaired) electrons. The Hall–Kier alpha value is -3.43. The van der Waals surface area contributed by atoms with E-state index < -0.39 is 17.9 Å². The van der Waals surface area contributed by atoms with Crippen LogP contribution in [0.1, 0.15) is 63.0 Å². The van der Waals surface area contributed by atoms with Crippen LogP contribution in [0.25, 0.3) is 0 Å². The first-order chi connectivity index (χ1) is 16.8. The number of aromatic nitrogens is 1. The molecule has 182 valence electrons. The Morgan fingerprint density at radius 2 is 1.83 bits per heavy atom. The fourth-order valence-electron chi connectivity index (χ4n) is 4.31. The van der Waals surface area contributed by atoms with Gasteiger partial charge < -0.3 is 16.8 Å². The third-order valence-electron chi connectivity index (χ3n) is 6.05. The van der Waals surface area contributed by atoms with Gasteiger partial charge in [-0.3, -0.25) is 19.3 Å². The maximum atomic E-state index is 14.0. The number of hydrogen-bond donors (Lipinski definition) is 3. The second kappa shape index (κ2) is 10.5. The highest BCUT2D eigenvalue weighted by Crippen LogP contribution is 2.34. The molecule has 1 aliphatic rings.